The molecule has 0 atom stereocenters. The molecule has 0 aliphatic rings. The molecular weight excluding hydrogens is 168 g/mol. The van der Waals surface area contributed by atoms with E-state index in [0.717, 1.165) is 5.82 Å². The van der Waals surface area contributed by atoms with E-state index in [9.17, 15) is 0 Å². The molecule has 1 rings (SSSR count). The van der Waals surface area contributed by atoms with Gasteiger partial charge >= 0.3 is 0 Å². The first kappa shape index (κ1) is 9.19. The van der Waals surface area contributed by atoms with E-state index in [1.165, 1.54) is 0 Å². The maximum atomic E-state index is 5.67. The molecular formula is C8H14N2OSi. The standard InChI is InChI=1S/C8H14N2OSi/c1-7-9-6-5-8(10-7)11-12(2,3)4/h5-6H,1-4H3. The fraction of sp³-hybridized carbons (Fsp3) is 0.500. The van der Waals surface area contributed by atoms with Crippen LogP contribution in [0.25, 0.3) is 0 Å². The Morgan fingerprint density at radius 2 is 2.00 bits per heavy atom. The van der Waals surface area contributed by atoms with Gasteiger partial charge in [-0.1, -0.05) is 0 Å². The number of aromatic nitrogens is 2. The third-order valence-electron chi connectivity index (χ3n) is 1.16. The molecule has 0 saturated carbocycles. The van der Waals surface area contributed by atoms with Gasteiger partial charge in [0.1, 0.15) is 5.82 Å². The van der Waals surface area contributed by atoms with Crippen molar-refractivity contribution >= 4 is 8.32 Å². The van der Waals surface area contributed by atoms with Crippen LogP contribution in [0.3, 0.4) is 0 Å². The molecule has 0 bridgehead atoms. The number of hydrogen-bond acceptors (Lipinski definition) is 3. The van der Waals surface area contributed by atoms with Crippen LogP contribution >= 0.6 is 0 Å². The number of hydrogen-bond donors (Lipinski definition) is 0. The van der Waals surface area contributed by atoms with Gasteiger partial charge in [-0.05, 0) is 26.6 Å². The van der Waals surface area contributed by atoms with Crippen molar-refractivity contribution in [3.63, 3.8) is 0 Å². The first-order chi connectivity index (χ1) is 5.47. The molecule has 0 fully saturated rings. The molecule has 0 amide bonds. The Balaban J connectivity index is 2.77. The van der Waals surface area contributed by atoms with Gasteiger partial charge in [0, 0.05) is 12.3 Å². The lowest BCUT2D eigenvalue weighted by atomic mass is 10.6. The maximum absolute atomic E-state index is 5.67. The van der Waals surface area contributed by atoms with E-state index >= 15 is 0 Å². The van der Waals surface area contributed by atoms with Gasteiger partial charge in [0.2, 0.25) is 14.2 Å². The lowest BCUT2D eigenvalue weighted by molar-refractivity contribution is 0.529. The summed E-state index contributed by atoms with van der Waals surface area (Å²) in [4.78, 5) is 8.15. The molecule has 0 saturated heterocycles. The average Bonchev–Trinajstić information content (AvgIpc) is 1.82. The minimum Gasteiger partial charge on any atom is -0.531 e. The van der Waals surface area contributed by atoms with Crippen LogP contribution in [0, 0.1) is 6.92 Å². The lowest BCUT2D eigenvalue weighted by Crippen LogP contribution is -2.29. The summed E-state index contributed by atoms with van der Waals surface area (Å²) < 4.78 is 5.67. The van der Waals surface area contributed by atoms with E-state index in [1.807, 2.05) is 6.92 Å². The van der Waals surface area contributed by atoms with Gasteiger partial charge in [-0.2, -0.15) is 4.98 Å². The predicted octanol–water partition coefficient (Wildman–Crippen LogP) is 2.00. The molecule has 1 heterocycles. The zero-order chi connectivity index (χ0) is 9.19. The molecule has 0 radical (unpaired) electrons. The maximum Gasteiger partial charge on any atom is 0.244 e. The van der Waals surface area contributed by atoms with Gasteiger partial charge < -0.3 is 4.43 Å². The van der Waals surface area contributed by atoms with E-state index in [2.05, 4.69) is 29.6 Å². The second kappa shape index (κ2) is 3.22. The van der Waals surface area contributed by atoms with E-state index in [-0.39, 0.29) is 0 Å². The van der Waals surface area contributed by atoms with Crippen molar-refractivity contribution in [1.82, 2.24) is 9.97 Å². The summed E-state index contributed by atoms with van der Waals surface area (Å²) in [5, 5.41) is 0. The van der Waals surface area contributed by atoms with Gasteiger partial charge in [0.15, 0.2) is 0 Å². The molecule has 0 spiro atoms. The van der Waals surface area contributed by atoms with Crippen molar-refractivity contribution in [2.75, 3.05) is 0 Å². The second-order valence-corrected chi connectivity index (χ2v) is 8.09. The van der Waals surface area contributed by atoms with Crippen LogP contribution < -0.4 is 4.43 Å². The summed E-state index contributed by atoms with van der Waals surface area (Å²) in [5.41, 5.74) is 0. The van der Waals surface area contributed by atoms with Gasteiger partial charge in [-0.25, -0.2) is 4.98 Å². The van der Waals surface area contributed by atoms with E-state index < -0.39 is 8.32 Å². The highest BCUT2D eigenvalue weighted by Gasteiger charge is 2.16. The molecule has 1 aromatic rings. The topological polar surface area (TPSA) is 35.0 Å². The van der Waals surface area contributed by atoms with Crippen LogP contribution in [0.4, 0.5) is 0 Å². The summed E-state index contributed by atoms with van der Waals surface area (Å²) >= 11 is 0. The third-order valence-corrected chi connectivity index (χ3v) is 1.98. The van der Waals surface area contributed by atoms with Crippen LogP contribution in [0.5, 0.6) is 5.88 Å². The molecule has 12 heavy (non-hydrogen) atoms. The quantitative estimate of drug-likeness (QED) is 0.656. The summed E-state index contributed by atoms with van der Waals surface area (Å²) in [6.07, 6.45) is 1.72. The average molecular weight is 182 g/mol. The number of rotatable bonds is 2. The summed E-state index contributed by atoms with van der Waals surface area (Å²) in [6, 6.07) is 1.80. The molecule has 4 heteroatoms. The van der Waals surface area contributed by atoms with Crippen molar-refractivity contribution in [1.29, 1.82) is 0 Å². The lowest BCUT2D eigenvalue weighted by Gasteiger charge is -2.17. The smallest absolute Gasteiger partial charge is 0.244 e. The van der Waals surface area contributed by atoms with Crippen LogP contribution in [-0.2, 0) is 0 Å². The van der Waals surface area contributed by atoms with Crippen LogP contribution in [0.1, 0.15) is 5.82 Å². The summed E-state index contributed by atoms with van der Waals surface area (Å²) in [6.45, 7) is 8.25. The van der Waals surface area contributed by atoms with E-state index in [4.69, 9.17) is 4.43 Å². The van der Waals surface area contributed by atoms with Gasteiger partial charge in [-0.3, -0.25) is 0 Å². The zero-order valence-electron chi connectivity index (χ0n) is 7.96. The van der Waals surface area contributed by atoms with Crippen molar-refractivity contribution in [3.8, 4) is 5.88 Å². The Hall–Kier alpha value is -0.903. The first-order valence-electron chi connectivity index (χ1n) is 3.96. The molecule has 3 nitrogen and oxygen atoms in total. The second-order valence-electron chi connectivity index (χ2n) is 3.66. The van der Waals surface area contributed by atoms with Gasteiger partial charge in [-0.15, -0.1) is 0 Å². The molecule has 1 aromatic heterocycles. The van der Waals surface area contributed by atoms with E-state index in [1.54, 1.807) is 12.3 Å². The minimum absolute atomic E-state index is 0.696. The predicted molar refractivity (Wildman–Crippen MR) is 50.7 cm³/mol. The Labute approximate surface area is 73.9 Å². The number of aryl methyl sites for hydroxylation is 1. The normalized spacial score (nSPS) is 11.3. The molecule has 66 valence electrons. The largest absolute Gasteiger partial charge is 0.531 e. The minimum atomic E-state index is -1.51. The Bertz CT molecular complexity index is 270. The first-order valence-corrected chi connectivity index (χ1v) is 7.37. The fourth-order valence-corrected chi connectivity index (χ4v) is 1.55. The van der Waals surface area contributed by atoms with Gasteiger partial charge in [0.25, 0.3) is 0 Å². The highest BCUT2D eigenvalue weighted by molar-refractivity contribution is 6.70. The Morgan fingerprint density at radius 3 is 2.50 bits per heavy atom. The van der Waals surface area contributed by atoms with Crippen molar-refractivity contribution < 1.29 is 4.43 Å². The van der Waals surface area contributed by atoms with Crippen molar-refractivity contribution in [2.45, 2.75) is 26.6 Å². The Kier molecular flexibility index (Phi) is 2.47. The van der Waals surface area contributed by atoms with Crippen LogP contribution in [0.15, 0.2) is 12.3 Å². The van der Waals surface area contributed by atoms with Gasteiger partial charge in [0.05, 0.1) is 0 Å². The summed E-state index contributed by atoms with van der Waals surface area (Å²) in [7, 11) is -1.51. The fourth-order valence-electron chi connectivity index (χ4n) is 0.805. The van der Waals surface area contributed by atoms with Crippen molar-refractivity contribution in [3.05, 3.63) is 18.1 Å². The molecule has 0 N–H and O–H groups in total. The number of nitrogens with zero attached hydrogens (tertiary/aromatic N) is 2. The monoisotopic (exact) mass is 182 g/mol. The molecule has 0 aliphatic heterocycles. The van der Waals surface area contributed by atoms with Crippen LogP contribution in [-0.4, -0.2) is 18.3 Å². The summed E-state index contributed by atoms with van der Waals surface area (Å²) in [5.74, 6) is 1.45. The molecule has 0 unspecified atom stereocenters. The molecule has 0 aromatic carbocycles. The molecule has 0 aliphatic carbocycles. The third kappa shape index (κ3) is 3.00. The SMILES string of the molecule is Cc1nccc(O[Si](C)(C)C)n1. The van der Waals surface area contributed by atoms with Crippen molar-refractivity contribution in [2.24, 2.45) is 0 Å². The highest BCUT2D eigenvalue weighted by atomic mass is 28.4. The zero-order valence-corrected chi connectivity index (χ0v) is 8.96. The highest BCUT2D eigenvalue weighted by Crippen LogP contribution is 2.11. The van der Waals surface area contributed by atoms with Crippen LogP contribution in [0.2, 0.25) is 19.6 Å². The van der Waals surface area contributed by atoms with E-state index in [0.29, 0.717) is 5.88 Å². The Morgan fingerprint density at radius 1 is 1.33 bits per heavy atom.